The average molecular weight is 477 g/mol. The number of benzene rings is 2. The van der Waals surface area contributed by atoms with E-state index in [1.165, 1.54) is 0 Å². The van der Waals surface area contributed by atoms with Crippen LogP contribution in [-0.2, 0) is 4.74 Å². The molecule has 0 bridgehead atoms. The Balaban J connectivity index is 2.04. The Bertz CT molecular complexity index is 855. The molecule has 0 radical (unpaired) electrons. The fraction of sp³-hybridized carbons (Fsp3) is 0.391. The fourth-order valence-corrected chi connectivity index (χ4v) is 3.16. The molecule has 30 heavy (non-hydrogen) atoms. The Morgan fingerprint density at radius 2 is 1.83 bits per heavy atom. The molecule has 2 aromatic rings. The van der Waals surface area contributed by atoms with Crippen LogP contribution in [0.4, 0.5) is 5.69 Å². The number of rotatable bonds is 11. The lowest BCUT2D eigenvalue weighted by Crippen LogP contribution is -2.26. The fourth-order valence-electron chi connectivity index (χ4n) is 2.66. The summed E-state index contributed by atoms with van der Waals surface area (Å²) in [7, 11) is 1.62. The summed E-state index contributed by atoms with van der Waals surface area (Å²) in [5.74, 6) is 0.718. The van der Waals surface area contributed by atoms with Crippen LogP contribution in [0.1, 0.15) is 47.4 Å². The van der Waals surface area contributed by atoms with Gasteiger partial charge in [-0.2, -0.15) is 0 Å². The highest BCUT2D eigenvalue weighted by Crippen LogP contribution is 2.27. The maximum atomic E-state index is 12.7. The maximum Gasteiger partial charge on any atom is 0.255 e. The summed E-state index contributed by atoms with van der Waals surface area (Å²) in [6.07, 6.45) is 1.68. The molecule has 0 saturated carbocycles. The van der Waals surface area contributed by atoms with Gasteiger partial charge in [0.25, 0.3) is 11.8 Å². The van der Waals surface area contributed by atoms with Crippen molar-refractivity contribution in [2.24, 2.45) is 5.92 Å². The van der Waals surface area contributed by atoms with E-state index in [4.69, 9.17) is 9.47 Å². The van der Waals surface area contributed by atoms with Gasteiger partial charge in [-0.15, -0.1) is 0 Å². The maximum absolute atomic E-state index is 12.7. The molecule has 0 saturated heterocycles. The van der Waals surface area contributed by atoms with Crippen molar-refractivity contribution < 1.29 is 19.1 Å². The van der Waals surface area contributed by atoms with Gasteiger partial charge in [-0.1, -0.05) is 26.0 Å². The number of carbonyl (C=O) groups excluding carboxylic acids is 2. The van der Waals surface area contributed by atoms with Crippen LogP contribution < -0.4 is 15.4 Å². The van der Waals surface area contributed by atoms with Crippen molar-refractivity contribution in [3.05, 3.63) is 58.1 Å². The van der Waals surface area contributed by atoms with E-state index in [2.05, 4.69) is 40.4 Å². The number of amides is 2. The summed E-state index contributed by atoms with van der Waals surface area (Å²) >= 11 is 3.47. The predicted molar refractivity (Wildman–Crippen MR) is 122 cm³/mol. The first-order chi connectivity index (χ1) is 14.4. The van der Waals surface area contributed by atoms with Gasteiger partial charge in [-0.3, -0.25) is 9.59 Å². The van der Waals surface area contributed by atoms with Crippen LogP contribution in [-0.4, -0.2) is 38.7 Å². The number of carbonyl (C=O) groups is 2. The Morgan fingerprint density at radius 1 is 1.07 bits per heavy atom. The number of anilines is 1. The van der Waals surface area contributed by atoms with Gasteiger partial charge in [-0.25, -0.2) is 0 Å². The van der Waals surface area contributed by atoms with E-state index in [0.717, 1.165) is 12.8 Å². The second kappa shape index (κ2) is 12.3. The first kappa shape index (κ1) is 23.9. The molecule has 2 aromatic carbocycles. The first-order valence-electron chi connectivity index (χ1n) is 10.0. The van der Waals surface area contributed by atoms with E-state index in [1.807, 2.05) is 0 Å². The van der Waals surface area contributed by atoms with Gasteiger partial charge in [-0.05, 0) is 65.0 Å². The number of hydrogen-bond acceptors (Lipinski definition) is 4. The molecule has 2 rings (SSSR count). The van der Waals surface area contributed by atoms with Gasteiger partial charge in [0.05, 0.1) is 22.3 Å². The summed E-state index contributed by atoms with van der Waals surface area (Å²) in [4.78, 5) is 25.2. The predicted octanol–water partition coefficient (Wildman–Crippen LogP) is 4.89. The highest BCUT2D eigenvalue weighted by atomic mass is 79.9. The SMILES string of the molecule is COCCCNC(=O)c1ccccc1NC(=O)c1ccc(OCCC(C)C)c(Br)c1. The normalized spacial score (nSPS) is 10.7. The molecular formula is C23H29BrN2O4. The molecule has 2 amide bonds. The lowest BCUT2D eigenvalue weighted by atomic mass is 10.1. The minimum absolute atomic E-state index is 0.239. The first-order valence-corrected chi connectivity index (χ1v) is 10.8. The van der Waals surface area contributed by atoms with Crippen LogP contribution in [0.25, 0.3) is 0 Å². The van der Waals surface area contributed by atoms with E-state index in [-0.39, 0.29) is 11.8 Å². The third-order valence-corrected chi connectivity index (χ3v) is 5.00. The molecule has 0 aromatic heterocycles. The largest absolute Gasteiger partial charge is 0.492 e. The monoisotopic (exact) mass is 476 g/mol. The Labute approximate surface area is 186 Å². The zero-order valence-corrected chi connectivity index (χ0v) is 19.3. The van der Waals surface area contributed by atoms with E-state index in [0.29, 0.717) is 52.7 Å². The lowest BCUT2D eigenvalue weighted by molar-refractivity contribution is 0.0949. The number of hydrogen-bond donors (Lipinski definition) is 2. The molecule has 0 spiro atoms. The average Bonchev–Trinajstić information content (AvgIpc) is 2.72. The molecule has 0 unspecified atom stereocenters. The molecule has 0 aliphatic rings. The van der Waals surface area contributed by atoms with Gasteiger partial charge in [0.1, 0.15) is 5.75 Å². The summed E-state index contributed by atoms with van der Waals surface area (Å²) < 4.78 is 11.5. The Morgan fingerprint density at radius 3 is 2.53 bits per heavy atom. The van der Waals surface area contributed by atoms with Crippen molar-refractivity contribution in [1.82, 2.24) is 5.32 Å². The van der Waals surface area contributed by atoms with Crippen molar-refractivity contribution in [3.63, 3.8) is 0 Å². The summed E-state index contributed by atoms with van der Waals surface area (Å²) in [6, 6.07) is 12.1. The molecule has 0 aliphatic carbocycles. The number of ether oxygens (including phenoxy) is 2. The van der Waals surface area contributed by atoms with E-state index < -0.39 is 0 Å². The number of halogens is 1. The second-order valence-electron chi connectivity index (χ2n) is 7.28. The molecule has 2 N–H and O–H groups in total. The van der Waals surface area contributed by atoms with Crippen LogP contribution in [0, 0.1) is 5.92 Å². The van der Waals surface area contributed by atoms with Crippen LogP contribution in [0.15, 0.2) is 46.9 Å². The number of methoxy groups -OCH3 is 1. The van der Waals surface area contributed by atoms with Crippen molar-refractivity contribution in [2.75, 3.05) is 32.2 Å². The van der Waals surface area contributed by atoms with Crippen LogP contribution in [0.2, 0.25) is 0 Å². The zero-order valence-electron chi connectivity index (χ0n) is 17.7. The van der Waals surface area contributed by atoms with E-state index >= 15 is 0 Å². The molecular weight excluding hydrogens is 448 g/mol. The van der Waals surface area contributed by atoms with Crippen molar-refractivity contribution in [1.29, 1.82) is 0 Å². The van der Waals surface area contributed by atoms with Gasteiger partial charge in [0, 0.05) is 25.8 Å². The summed E-state index contributed by atoms with van der Waals surface area (Å²) in [5.41, 5.74) is 1.34. The molecule has 6 nitrogen and oxygen atoms in total. The highest BCUT2D eigenvalue weighted by Gasteiger charge is 2.15. The van der Waals surface area contributed by atoms with Crippen LogP contribution >= 0.6 is 15.9 Å². The van der Waals surface area contributed by atoms with Gasteiger partial charge in [0.2, 0.25) is 0 Å². The molecule has 0 heterocycles. The van der Waals surface area contributed by atoms with Gasteiger partial charge >= 0.3 is 0 Å². The molecule has 0 fully saturated rings. The van der Waals surface area contributed by atoms with Crippen molar-refractivity contribution in [2.45, 2.75) is 26.7 Å². The quantitative estimate of drug-likeness (QED) is 0.452. The highest BCUT2D eigenvalue weighted by molar-refractivity contribution is 9.10. The number of para-hydroxylation sites is 1. The van der Waals surface area contributed by atoms with Gasteiger partial charge < -0.3 is 20.1 Å². The minimum atomic E-state index is -0.302. The Kier molecular flexibility index (Phi) is 9.83. The lowest BCUT2D eigenvalue weighted by Gasteiger charge is -2.13. The topological polar surface area (TPSA) is 76.7 Å². The molecule has 0 aliphatic heterocycles. The van der Waals surface area contributed by atoms with E-state index in [9.17, 15) is 9.59 Å². The van der Waals surface area contributed by atoms with Crippen molar-refractivity contribution >= 4 is 33.4 Å². The Hall–Kier alpha value is -2.38. The van der Waals surface area contributed by atoms with Crippen LogP contribution in [0.3, 0.4) is 0 Å². The zero-order chi connectivity index (χ0) is 21.9. The number of nitrogens with one attached hydrogen (secondary N) is 2. The second-order valence-corrected chi connectivity index (χ2v) is 8.13. The van der Waals surface area contributed by atoms with Crippen molar-refractivity contribution in [3.8, 4) is 5.75 Å². The summed E-state index contributed by atoms with van der Waals surface area (Å²) in [5, 5.41) is 5.66. The standard InChI is InChI=1S/C23H29BrN2O4/c1-16(2)11-14-30-21-10-9-17(15-19(21)24)22(27)26-20-8-5-4-7-18(20)23(28)25-12-6-13-29-3/h4-5,7-10,15-16H,6,11-14H2,1-3H3,(H,25,28)(H,26,27). The molecule has 162 valence electrons. The third kappa shape index (κ3) is 7.46. The third-order valence-electron chi connectivity index (χ3n) is 4.38. The summed E-state index contributed by atoms with van der Waals surface area (Å²) in [6.45, 7) is 5.98. The molecule has 0 atom stereocenters. The van der Waals surface area contributed by atoms with Gasteiger partial charge in [0.15, 0.2) is 0 Å². The smallest absolute Gasteiger partial charge is 0.255 e. The van der Waals surface area contributed by atoms with E-state index in [1.54, 1.807) is 49.6 Å². The minimum Gasteiger partial charge on any atom is -0.492 e. The van der Waals surface area contributed by atoms with Crippen LogP contribution in [0.5, 0.6) is 5.75 Å². The molecule has 7 heteroatoms.